The second kappa shape index (κ2) is 6.93. The van der Waals surface area contributed by atoms with E-state index in [1.54, 1.807) is 24.3 Å². The summed E-state index contributed by atoms with van der Waals surface area (Å²) in [5, 5.41) is 2.85. The van der Waals surface area contributed by atoms with E-state index in [0.717, 1.165) is 12.8 Å². The third-order valence-electron chi connectivity index (χ3n) is 3.40. The van der Waals surface area contributed by atoms with E-state index in [9.17, 15) is 9.59 Å². The van der Waals surface area contributed by atoms with Gasteiger partial charge in [0.1, 0.15) is 5.75 Å². The van der Waals surface area contributed by atoms with Crippen LogP contribution in [0.1, 0.15) is 25.7 Å². The van der Waals surface area contributed by atoms with Crippen LogP contribution in [0.15, 0.2) is 24.3 Å². The van der Waals surface area contributed by atoms with Crippen LogP contribution in [0.4, 0.5) is 5.69 Å². The van der Waals surface area contributed by atoms with E-state index >= 15 is 0 Å². The van der Waals surface area contributed by atoms with Gasteiger partial charge in [-0.15, -0.1) is 0 Å². The topological polar surface area (TPSA) is 64.6 Å². The number of hydrogen-bond donors (Lipinski definition) is 1. The van der Waals surface area contributed by atoms with Crippen LogP contribution in [0.25, 0.3) is 0 Å². The van der Waals surface area contributed by atoms with Gasteiger partial charge in [0, 0.05) is 18.2 Å². The number of esters is 1. The summed E-state index contributed by atoms with van der Waals surface area (Å²) in [5.41, 5.74) is 0.677. The molecule has 1 aliphatic carbocycles. The number of methoxy groups -OCH3 is 1. The SMILES string of the molecule is COC(=O)COc1cccc(NC(=O)CC2CCC2)c1. The molecule has 108 valence electrons. The fraction of sp³-hybridized carbons (Fsp3) is 0.467. The first-order valence-corrected chi connectivity index (χ1v) is 6.77. The van der Waals surface area contributed by atoms with E-state index in [4.69, 9.17) is 4.74 Å². The first kappa shape index (κ1) is 14.4. The second-order valence-corrected chi connectivity index (χ2v) is 4.94. The molecule has 0 heterocycles. The van der Waals surface area contributed by atoms with Crippen LogP contribution in [0.5, 0.6) is 5.75 Å². The maximum Gasteiger partial charge on any atom is 0.343 e. The van der Waals surface area contributed by atoms with Crippen molar-refractivity contribution in [1.29, 1.82) is 0 Å². The molecule has 0 radical (unpaired) electrons. The normalized spacial score (nSPS) is 14.2. The highest BCUT2D eigenvalue weighted by Gasteiger charge is 2.20. The van der Waals surface area contributed by atoms with Crippen LogP contribution in [-0.2, 0) is 14.3 Å². The van der Waals surface area contributed by atoms with E-state index < -0.39 is 5.97 Å². The zero-order valence-corrected chi connectivity index (χ0v) is 11.6. The standard InChI is InChI=1S/C15H19NO4/c1-19-15(18)10-20-13-7-3-6-12(9-13)16-14(17)8-11-4-2-5-11/h3,6-7,9,11H,2,4-5,8,10H2,1H3,(H,16,17). The summed E-state index contributed by atoms with van der Waals surface area (Å²) >= 11 is 0. The molecule has 0 saturated heterocycles. The Morgan fingerprint density at radius 3 is 2.80 bits per heavy atom. The van der Waals surface area contributed by atoms with Crippen molar-refractivity contribution in [2.75, 3.05) is 19.0 Å². The van der Waals surface area contributed by atoms with E-state index in [0.29, 0.717) is 23.8 Å². The predicted molar refractivity (Wildman–Crippen MR) is 74.5 cm³/mol. The van der Waals surface area contributed by atoms with Crippen LogP contribution in [0, 0.1) is 5.92 Å². The zero-order valence-electron chi connectivity index (χ0n) is 11.6. The number of benzene rings is 1. The number of ether oxygens (including phenoxy) is 2. The highest BCUT2D eigenvalue weighted by molar-refractivity contribution is 5.91. The molecular formula is C15H19NO4. The first-order chi connectivity index (χ1) is 9.67. The first-order valence-electron chi connectivity index (χ1n) is 6.77. The van der Waals surface area contributed by atoms with Crippen molar-refractivity contribution in [3.05, 3.63) is 24.3 Å². The lowest BCUT2D eigenvalue weighted by atomic mass is 9.83. The quantitative estimate of drug-likeness (QED) is 0.811. The molecule has 1 amide bonds. The third kappa shape index (κ3) is 4.26. The molecule has 0 aliphatic heterocycles. The monoisotopic (exact) mass is 277 g/mol. The minimum Gasteiger partial charge on any atom is -0.482 e. The third-order valence-corrected chi connectivity index (χ3v) is 3.40. The number of hydrogen-bond acceptors (Lipinski definition) is 4. The van der Waals surface area contributed by atoms with Gasteiger partial charge >= 0.3 is 5.97 Å². The molecule has 0 atom stereocenters. The Morgan fingerprint density at radius 1 is 1.35 bits per heavy atom. The number of rotatable bonds is 6. The summed E-state index contributed by atoms with van der Waals surface area (Å²) in [6, 6.07) is 6.99. The van der Waals surface area contributed by atoms with Gasteiger partial charge in [0.2, 0.25) is 5.91 Å². The van der Waals surface area contributed by atoms with Gasteiger partial charge < -0.3 is 14.8 Å². The van der Waals surface area contributed by atoms with E-state index in [2.05, 4.69) is 10.1 Å². The molecule has 1 N–H and O–H groups in total. The molecule has 0 spiro atoms. The fourth-order valence-electron chi connectivity index (χ4n) is 2.04. The molecule has 1 aromatic carbocycles. The summed E-state index contributed by atoms with van der Waals surface area (Å²) in [7, 11) is 1.31. The molecule has 1 aromatic rings. The summed E-state index contributed by atoms with van der Waals surface area (Å²) in [5.74, 6) is 0.648. The number of amides is 1. The smallest absolute Gasteiger partial charge is 0.343 e. The Bertz CT molecular complexity index is 483. The van der Waals surface area contributed by atoms with Crippen molar-refractivity contribution in [3.8, 4) is 5.75 Å². The molecule has 1 saturated carbocycles. The van der Waals surface area contributed by atoms with Crippen LogP contribution < -0.4 is 10.1 Å². The van der Waals surface area contributed by atoms with E-state index in [-0.39, 0.29) is 12.5 Å². The van der Waals surface area contributed by atoms with Crippen molar-refractivity contribution >= 4 is 17.6 Å². The van der Waals surface area contributed by atoms with Crippen molar-refractivity contribution in [2.45, 2.75) is 25.7 Å². The van der Waals surface area contributed by atoms with Gasteiger partial charge in [-0.25, -0.2) is 4.79 Å². The van der Waals surface area contributed by atoms with Crippen molar-refractivity contribution in [1.82, 2.24) is 0 Å². The molecule has 1 fully saturated rings. The van der Waals surface area contributed by atoms with Gasteiger partial charge in [-0.3, -0.25) is 4.79 Å². The summed E-state index contributed by atoms with van der Waals surface area (Å²) in [6.45, 7) is -0.143. The Kier molecular flexibility index (Phi) is 4.98. The van der Waals surface area contributed by atoms with Gasteiger partial charge in [-0.2, -0.15) is 0 Å². The molecule has 5 nitrogen and oxygen atoms in total. The van der Waals surface area contributed by atoms with Gasteiger partial charge in [-0.05, 0) is 30.9 Å². The largest absolute Gasteiger partial charge is 0.482 e. The Morgan fingerprint density at radius 2 is 2.15 bits per heavy atom. The molecular weight excluding hydrogens is 258 g/mol. The number of carbonyl (C=O) groups excluding carboxylic acids is 2. The molecule has 20 heavy (non-hydrogen) atoms. The average Bonchev–Trinajstić information content (AvgIpc) is 2.40. The van der Waals surface area contributed by atoms with Crippen molar-refractivity contribution in [2.24, 2.45) is 5.92 Å². The summed E-state index contributed by atoms with van der Waals surface area (Å²) < 4.78 is 9.76. The van der Waals surface area contributed by atoms with Gasteiger partial charge in [0.05, 0.1) is 7.11 Å². The number of carbonyl (C=O) groups is 2. The minimum absolute atomic E-state index is 0.0276. The van der Waals surface area contributed by atoms with E-state index in [1.807, 2.05) is 0 Å². The Balaban J connectivity index is 1.84. The lowest BCUT2D eigenvalue weighted by molar-refractivity contribution is -0.142. The highest BCUT2D eigenvalue weighted by atomic mass is 16.6. The maximum atomic E-state index is 11.8. The molecule has 2 rings (SSSR count). The van der Waals surface area contributed by atoms with E-state index in [1.165, 1.54) is 13.5 Å². The lowest BCUT2D eigenvalue weighted by Crippen LogP contribution is -2.20. The molecule has 0 aromatic heterocycles. The van der Waals surface area contributed by atoms with Crippen LogP contribution in [-0.4, -0.2) is 25.6 Å². The van der Waals surface area contributed by atoms with Crippen molar-refractivity contribution in [3.63, 3.8) is 0 Å². The second-order valence-electron chi connectivity index (χ2n) is 4.94. The van der Waals surface area contributed by atoms with Crippen LogP contribution >= 0.6 is 0 Å². The Hall–Kier alpha value is -2.04. The highest BCUT2D eigenvalue weighted by Crippen LogP contribution is 2.29. The average molecular weight is 277 g/mol. The minimum atomic E-state index is -0.440. The number of anilines is 1. The summed E-state index contributed by atoms with van der Waals surface area (Å²) in [6.07, 6.45) is 4.10. The number of nitrogens with one attached hydrogen (secondary N) is 1. The molecule has 0 bridgehead atoms. The van der Waals surface area contributed by atoms with Crippen LogP contribution in [0.3, 0.4) is 0 Å². The lowest BCUT2D eigenvalue weighted by Gasteiger charge is -2.24. The maximum absolute atomic E-state index is 11.8. The van der Waals surface area contributed by atoms with Gasteiger partial charge in [0.25, 0.3) is 0 Å². The molecule has 5 heteroatoms. The Labute approximate surface area is 118 Å². The molecule has 0 unspecified atom stereocenters. The molecule has 1 aliphatic rings. The van der Waals surface area contributed by atoms with Crippen molar-refractivity contribution < 1.29 is 19.1 Å². The summed E-state index contributed by atoms with van der Waals surface area (Å²) in [4.78, 5) is 22.8. The predicted octanol–water partition coefficient (Wildman–Crippen LogP) is 2.37. The van der Waals surface area contributed by atoms with Crippen LogP contribution in [0.2, 0.25) is 0 Å². The fourth-order valence-corrected chi connectivity index (χ4v) is 2.04. The zero-order chi connectivity index (χ0) is 14.4. The van der Waals surface area contributed by atoms with Gasteiger partial charge in [0.15, 0.2) is 6.61 Å². The van der Waals surface area contributed by atoms with Gasteiger partial charge in [-0.1, -0.05) is 12.5 Å².